The van der Waals surface area contributed by atoms with E-state index in [2.05, 4.69) is 55.9 Å². The van der Waals surface area contributed by atoms with Crippen molar-refractivity contribution < 1.29 is 1.37 Å². The van der Waals surface area contributed by atoms with Crippen LogP contribution >= 0.6 is 0 Å². The Morgan fingerprint density at radius 3 is 2.15 bits per heavy atom. The molecule has 2 rings (SSSR count). The number of pyridine rings is 1. The number of hydrogen-bond donors (Lipinski definition) is 0. The lowest BCUT2D eigenvalue weighted by atomic mass is 10.0. The van der Waals surface area contributed by atoms with E-state index in [-0.39, 0.29) is 0 Å². The maximum atomic E-state index is 8.07. The Bertz CT molecular complexity index is 634. The van der Waals surface area contributed by atoms with E-state index in [0.29, 0.717) is 0 Å². The van der Waals surface area contributed by atoms with E-state index < -0.39 is 14.0 Å². The zero-order chi connectivity index (χ0) is 15.8. The minimum atomic E-state index is -1.32. The van der Waals surface area contributed by atoms with Crippen LogP contribution in [-0.2, 0) is 0 Å². The number of nitrogens with zero attached hydrogens (tertiary/aromatic N) is 1. The predicted octanol–water partition coefficient (Wildman–Crippen LogP) is 4.73. The highest BCUT2D eigenvalue weighted by Crippen LogP contribution is 2.22. The first-order chi connectivity index (χ1) is 9.59. The molecule has 106 valence electrons. The van der Waals surface area contributed by atoms with Crippen LogP contribution in [0.3, 0.4) is 0 Å². The fraction of sp³-hybridized carbons (Fsp3) is 0.389. The van der Waals surface area contributed by atoms with Gasteiger partial charge in [0, 0.05) is 13.1 Å². The van der Waals surface area contributed by atoms with Gasteiger partial charge in [-0.2, -0.15) is 0 Å². The first kappa shape index (κ1) is 13.6. The van der Waals surface area contributed by atoms with Crippen LogP contribution in [0.2, 0.25) is 19.6 Å². The zero-order valence-corrected chi connectivity index (χ0v) is 14.4. The summed E-state index contributed by atoms with van der Waals surface area (Å²) in [6, 6.07) is 10.4. The molecule has 1 aromatic carbocycles. The van der Waals surface area contributed by atoms with Gasteiger partial charge in [0.05, 0.1) is 13.8 Å². The van der Waals surface area contributed by atoms with Crippen LogP contribution in [0.5, 0.6) is 0 Å². The summed E-state index contributed by atoms with van der Waals surface area (Å²) in [4.78, 5) is 4.66. The largest absolute Gasteiger partial charge is 0.256 e. The lowest BCUT2D eigenvalue weighted by Gasteiger charge is -2.19. The van der Waals surface area contributed by atoms with Crippen LogP contribution in [0.25, 0.3) is 11.3 Å². The Balaban J connectivity index is 2.37. The van der Waals surface area contributed by atoms with Crippen LogP contribution in [0.1, 0.15) is 32.2 Å². The van der Waals surface area contributed by atoms with E-state index in [1.807, 2.05) is 26.0 Å². The summed E-state index contributed by atoms with van der Waals surface area (Å²) in [6.45, 7) is 13.0. The second-order valence-electron chi connectivity index (χ2n) is 6.71. The molecule has 0 aliphatic carbocycles. The van der Waals surface area contributed by atoms with Gasteiger partial charge in [-0.1, -0.05) is 57.8 Å². The molecule has 0 N–H and O–H groups in total. The maximum Gasteiger partial charge on any atom is 0.0799 e. The third kappa shape index (κ3) is 3.18. The minimum absolute atomic E-state index is 0.552. The molecular formula is C18H25NSi. The Hall–Kier alpha value is -1.41. The molecule has 1 aromatic heterocycles. The normalized spacial score (nSPS) is 13.2. The lowest BCUT2D eigenvalue weighted by Crippen LogP contribution is -2.39. The molecule has 2 aromatic rings. The quantitative estimate of drug-likeness (QED) is 0.743. The van der Waals surface area contributed by atoms with Gasteiger partial charge in [-0.05, 0) is 35.2 Å². The van der Waals surface area contributed by atoms with Gasteiger partial charge >= 0.3 is 0 Å². The zero-order valence-electron chi connectivity index (χ0n) is 14.4. The third-order valence-electron chi connectivity index (χ3n) is 3.68. The Morgan fingerprint density at radius 2 is 1.70 bits per heavy atom. The van der Waals surface area contributed by atoms with Crippen molar-refractivity contribution in [1.82, 2.24) is 4.98 Å². The molecule has 20 heavy (non-hydrogen) atoms. The van der Waals surface area contributed by atoms with E-state index >= 15 is 0 Å². The third-order valence-corrected chi connectivity index (χ3v) is 5.82. The average Bonchev–Trinajstić information content (AvgIpc) is 2.36. The number of aryl methyl sites for hydroxylation is 1. The molecular weight excluding hydrogens is 258 g/mol. The summed E-state index contributed by atoms with van der Waals surface area (Å²) in [6.07, 6.45) is 2.05. The molecule has 0 unspecified atom stereocenters. The van der Waals surface area contributed by atoms with Crippen molar-refractivity contribution in [3.05, 3.63) is 47.7 Å². The Morgan fingerprint density at radius 1 is 1.10 bits per heavy atom. The summed E-state index contributed by atoms with van der Waals surface area (Å²) in [5.41, 5.74) is 4.50. The van der Waals surface area contributed by atoms with Crippen molar-refractivity contribution in [3.8, 4) is 11.3 Å². The van der Waals surface area contributed by atoms with Crippen molar-refractivity contribution >= 4 is 13.3 Å². The highest BCUT2D eigenvalue weighted by Gasteiger charge is 2.19. The first-order valence-electron chi connectivity index (χ1n) is 7.67. The second kappa shape index (κ2) is 5.53. The van der Waals surface area contributed by atoms with E-state index in [1.165, 1.54) is 10.8 Å². The van der Waals surface area contributed by atoms with Crippen molar-refractivity contribution in [2.45, 2.75) is 46.3 Å². The topological polar surface area (TPSA) is 12.9 Å². The summed E-state index contributed by atoms with van der Waals surface area (Å²) < 4.78 is 8.07. The number of benzene rings is 1. The minimum Gasteiger partial charge on any atom is -0.256 e. The molecule has 0 aliphatic rings. The second-order valence-corrected chi connectivity index (χ2v) is 11.8. The smallest absolute Gasteiger partial charge is 0.0799 e. The van der Waals surface area contributed by atoms with Crippen LogP contribution in [0.15, 0.2) is 36.5 Å². The molecule has 0 amide bonds. The van der Waals surface area contributed by atoms with E-state index in [0.717, 1.165) is 16.8 Å². The maximum absolute atomic E-state index is 8.07. The van der Waals surface area contributed by atoms with Gasteiger partial charge in [-0.25, -0.2) is 0 Å². The van der Waals surface area contributed by atoms with Gasteiger partial charge in [0.15, 0.2) is 0 Å². The molecule has 0 bridgehead atoms. The lowest BCUT2D eigenvalue weighted by molar-refractivity contribution is 0.867. The molecule has 1 nitrogen and oxygen atoms in total. The monoisotopic (exact) mass is 284 g/mol. The van der Waals surface area contributed by atoms with Crippen LogP contribution in [0, 0.1) is 6.92 Å². The number of hydrogen-bond acceptors (Lipinski definition) is 1. The van der Waals surface area contributed by atoms with Gasteiger partial charge in [-0.3, -0.25) is 4.98 Å². The summed E-state index contributed by atoms with van der Waals surface area (Å²) in [5, 5.41) is 1.43. The van der Waals surface area contributed by atoms with Gasteiger partial charge < -0.3 is 0 Å². The molecule has 0 saturated heterocycles. The summed E-state index contributed by atoms with van der Waals surface area (Å²) in [5.74, 6) is -0.552. The van der Waals surface area contributed by atoms with Gasteiger partial charge in [0.1, 0.15) is 0 Å². The molecule has 0 fully saturated rings. The predicted molar refractivity (Wildman–Crippen MR) is 91.5 cm³/mol. The van der Waals surface area contributed by atoms with Crippen molar-refractivity contribution in [2.24, 2.45) is 0 Å². The van der Waals surface area contributed by atoms with Gasteiger partial charge in [0.2, 0.25) is 0 Å². The SMILES string of the molecule is [2H]C(C)(C)c1ccc(-c2cc(C)c([Si](C)(C)C)cn2)cc1. The van der Waals surface area contributed by atoms with Gasteiger partial charge in [0.25, 0.3) is 0 Å². The molecule has 0 aliphatic heterocycles. The first-order valence-corrected chi connectivity index (χ1v) is 10.7. The van der Waals surface area contributed by atoms with Gasteiger partial charge in [-0.15, -0.1) is 0 Å². The van der Waals surface area contributed by atoms with E-state index in [9.17, 15) is 0 Å². The Labute approximate surface area is 125 Å². The fourth-order valence-electron chi connectivity index (χ4n) is 2.47. The average molecular weight is 284 g/mol. The Kier molecular flexibility index (Phi) is 3.75. The highest BCUT2D eigenvalue weighted by atomic mass is 28.3. The molecule has 2 heteroatoms. The van der Waals surface area contributed by atoms with Crippen molar-refractivity contribution in [3.63, 3.8) is 0 Å². The summed E-state index contributed by atoms with van der Waals surface area (Å²) >= 11 is 0. The number of aromatic nitrogens is 1. The standard InChI is InChI=1S/C18H25NSi/c1-13(2)15-7-9-16(10-8-15)17-11-14(3)18(12-19-17)20(4,5)6/h7-13H,1-6H3/i13D. The molecule has 0 radical (unpaired) electrons. The molecule has 1 heterocycles. The fourth-order valence-corrected chi connectivity index (χ4v) is 4.18. The van der Waals surface area contributed by atoms with Crippen LogP contribution in [0.4, 0.5) is 0 Å². The number of rotatable bonds is 3. The van der Waals surface area contributed by atoms with E-state index in [4.69, 9.17) is 1.37 Å². The molecule has 0 atom stereocenters. The molecule has 0 spiro atoms. The van der Waals surface area contributed by atoms with Crippen molar-refractivity contribution in [2.75, 3.05) is 0 Å². The van der Waals surface area contributed by atoms with Crippen molar-refractivity contribution in [1.29, 1.82) is 0 Å². The highest BCUT2D eigenvalue weighted by molar-refractivity contribution is 6.89. The van der Waals surface area contributed by atoms with Crippen LogP contribution < -0.4 is 5.19 Å². The summed E-state index contributed by atoms with van der Waals surface area (Å²) in [7, 11) is -1.32. The van der Waals surface area contributed by atoms with Crippen LogP contribution in [-0.4, -0.2) is 13.1 Å². The van der Waals surface area contributed by atoms with E-state index in [1.54, 1.807) is 0 Å². The molecule has 0 saturated carbocycles.